The molecule has 4 atom stereocenters. The molecule has 0 saturated carbocycles. The number of nitrogens with zero attached hydrogens (tertiary/aromatic N) is 5. The second-order valence-corrected chi connectivity index (χ2v) is 12.6. The minimum Gasteiger partial charge on any atom is -0.491 e. The van der Waals surface area contributed by atoms with Gasteiger partial charge in [0.15, 0.2) is 11.6 Å². The molecule has 6 heterocycles. The van der Waals surface area contributed by atoms with Crippen LogP contribution in [0.15, 0.2) is 6.07 Å². The molecule has 3 N–H and O–H groups in total. The van der Waals surface area contributed by atoms with E-state index in [1.807, 2.05) is 4.90 Å². The number of halogens is 6. The van der Waals surface area contributed by atoms with Crippen molar-refractivity contribution in [2.24, 2.45) is 5.92 Å². The van der Waals surface area contributed by atoms with Gasteiger partial charge in [-0.2, -0.15) is 23.1 Å². The van der Waals surface area contributed by atoms with Gasteiger partial charge in [0, 0.05) is 45.1 Å². The SMILES string of the molecule is Cc1cc(N)nc(-c2c(Cl)c3c4c(nc(OC[C@@]56CCCN5C[C@H](F)C6)nc4c2F)N(C)C2CNCC2CO3)c1C(F)(F)F. The minimum absolute atomic E-state index is 0.0310. The van der Waals surface area contributed by atoms with Crippen molar-refractivity contribution in [2.45, 2.75) is 50.1 Å². The molecule has 236 valence electrons. The Morgan fingerprint density at radius 2 is 2.05 bits per heavy atom. The number of hydrogen-bond donors (Lipinski definition) is 2. The van der Waals surface area contributed by atoms with Gasteiger partial charge >= 0.3 is 12.2 Å². The van der Waals surface area contributed by atoms with Gasteiger partial charge in [0.2, 0.25) is 0 Å². The molecule has 1 aromatic carbocycles. The van der Waals surface area contributed by atoms with E-state index < -0.39 is 45.5 Å². The minimum atomic E-state index is -4.90. The summed E-state index contributed by atoms with van der Waals surface area (Å²) >= 11 is 6.76. The Kier molecular flexibility index (Phi) is 6.98. The van der Waals surface area contributed by atoms with Gasteiger partial charge in [0.1, 0.15) is 29.9 Å². The molecule has 9 nitrogen and oxygen atoms in total. The maximum absolute atomic E-state index is 16.8. The molecule has 0 bridgehead atoms. The molecule has 7 rings (SSSR count). The predicted octanol–water partition coefficient (Wildman–Crippen LogP) is 4.77. The number of nitrogens with one attached hydrogen (secondary N) is 1. The molecule has 44 heavy (non-hydrogen) atoms. The molecule has 15 heteroatoms. The number of hydrogen-bond acceptors (Lipinski definition) is 9. The van der Waals surface area contributed by atoms with Gasteiger partial charge in [-0.15, -0.1) is 0 Å². The summed E-state index contributed by atoms with van der Waals surface area (Å²) in [7, 11) is 1.80. The predicted molar refractivity (Wildman–Crippen MR) is 154 cm³/mol. The molecular weight excluding hydrogens is 609 g/mol. The number of likely N-dealkylation sites (N-methyl/N-ethyl adjacent to an activating group) is 1. The van der Waals surface area contributed by atoms with Crippen molar-refractivity contribution in [1.82, 2.24) is 25.2 Å². The average molecular weight is 640 g/mol. The fourth-order valence-corrected chi connectivity index (χ4v) is 7.79. The summed E-state index contributed by atoms with van der Waals surface area (Å²) in [5, 5.41) is 3.03. The Morgan fingerprint density at radius 3 is 2.82 bits per heavy atom. The lowest BCUT2D eigenvalue weighted by molar-refractivity contribution is -0.137. The molecule has 2 aromatic heterocycles. The molecule has 4 aliphatic rings. The molecule has 0 amide bonds. The number of pyridine rings is 1. The van der Waals surface area contributed by atoms with E-state index in [2.05, 4.69) is 25.2 Å². The van der Waals surface area contributed by atoms with E-state index in [1.54, 1.807) is 7.05 Å². The van der Waals surface area contributed by atoms with Crippen LogP contribution in [0.3, 0.4) is 0 Å². The normalized spacial score (nSPS) is 26.8. The zero-order chi connectivity index (χ0) is 31.1. The van der Waals surface area contributed by atoms with Crippen molar-refractivity contribution in [3.8, 4) is 23.0 Å². The van der Waals surface area contributed by atoms with Gasteiger partial charge < -0.3 is 25.4 Å². The number of ether oxygens (including phenoxy) is 2. The smallest absolute Gasteiger partial charge is 0.418 e. The largest absolute Gasteiger partial charge is 0.491 e. The van der Waals surface area contributed by atoms with Crippen LogP contribution in [-0.4, -0.2) is 84.0 Å². The Hall–Kier alpha value is -3.23. The standard InChI is InChI=1S/C29H31ClF5N7O2/c1-13-6-17(36)38-23(20(13)29(33,34)35)18-21(30)25-19-24(22(18)32)39-27(44-12-28-4-3-5-42(28)10-15(31)7-28)40-26(19)41(2)16-9-37-8-14(16)11-43-25/h6,14-16,37H,3-5,7-12H2,1-2H3,(H2,36,38)/t14?,15-,16?,28+/m1/s1. The van der Waals surface area contributed by atoms with Gasteiger partial charge in [0.25, 0.3) is 0 Å². The highest BCUT2D eigenvalue weighted by atomic mass is 35.5. The van der Waals surface area contributed by atoms with E-state index in [0.717, 1.165) is 25.5 Å². The van der Waals surface area contributed by atoms with Gasteiger partial charge in [-0.3, -0.25) is 4.90 Å². The lowest BCUT2D eigenvalue weighted by Gasteiger charge is -2.34. The number of benzene rings is 1. The molecule has 0 aliphatic carbocycles. The van der Waals surface area contributed by atoms with Crippen LogP contribution in [-0.2, 0) is 6.18 Å². The fraction of sp³-hybridized carbons (Fsp3) is 0.552. The lowest BCUT2D eigenvalue weighted by Crippen LogP contribution is -2.44. The second-order valence-electron chi connectivity index (χ2n) is 12.2. The van der Waals surface area contributed by atoms with E-state index in [-0.39, 0.29) is 65.0 Å². The van der Waals surface area contributed by atoms with Gasteiger partial charge in [-0.05, 0) is 37.9 Å². The summed E-state index contributed by atoms with van der Waals surface area (Å²) in [5.74, 6) is -1.21. The monoisotopic (exact) mass is 639 g/mol. The summed E-state index contributed by atoms with van der Waals surface area (Å²) in [6.07, 6.45) is -3.95. The van der Waals surface area contributed by atoms with Crippen molar-refractivity contribution in [1.29, 1.82) is 0 Å². The summed E-state index contributed by atoms with van der Waals surface area (Å²) < 4.78 is 86.5. The topological polar surface area (TPSA) is 102 Å². The van der Waals surface area contributed by atoms with Gasteiger partial charge in [0.05, 0.1) is 39.4 Å². The zero-order valence-electron chi connectivity index (χ0n) is 24.1. The van der Waals surface area contributed by atoms with E-state index in [0.29, 0.717) is 26.1 Å². The van der Waals surface area contributed by atoms with Crippen LogP contribution < -0.4 is 25.4 Å². The van der Waals surface area contributed by atoms with Crippen LogP contribution in [0.1, 0.15) is 30.4 Å². The quantitative estimate of drug-likeness (QED) is 0.391. The summed E-state index contributed by atoms with van der Waals surface area (Å²) in [6, 6.07) is 0.800. The van der Waals surface area contributed by atoms with Crippen molar-refractivity contribution in [3.63, 3.8) is 0 Å². The Morgan fingerprint density at radius 1 is 1.25 bits per heavy atom. The van der Waals surface area contributed by atoms with E-state index in [4.69, 9.17) is 26.8 Å². The number of aromatic nitrogens is 3. The highest BCUT2D eigenvalue weighted by Gasteiger charge is 2.49. The first-order chi connectivity index (χ1) is 20.9. The number of alkyl halides is 4. The number of anilines is 2. The summed E-state index contributed by atoms with van der Waals surface area (Å²) in [5.41, 5.74) is 2.19. The molecule has 4 aliphatic heterocycles. The van der Waals surface area contributed by atoms with Crippen molar-refractivity contribution in [2.75, 3.05) is 57.1 Å². The Labute approximate surface area is 254 Å². The van der Waals surface area contributed by atoms with Crippen molar-refractivity contribution >= 4 is 34.1 Å². The maximum atomic E-state index is 16.8. The lowest BCUT2D eigenvalue weighted by atomic mass is 9.95. The molecule has 0 radical (unpaired) electrons. The maximum Gasteiger partial charge on any atom is 0.418 e. The van der Waals surface area contributed by atoms with Crippen LogP contribution in [0.2, 0.25) is 5.02 Å². The Balaban J connectivity index is 1.45. The van der Waals surface area contributed by atoms with Crippen molar-refractivity contribution in [3.05, 3.63) is 28.0 Å². The molecule has 3 aromatic rings. The number of rotatable bonds is 4. The van der Waals surface area contributed by atoms with Crippen LogP contribution >= 0.6 is 11.6 Å². The van der Waals surface area contributed by atoms with E-state index in [1.165, 1.54) is 6.92 Å². The third kappa shape index (κ3) is 4.59. The highest BCUT2D eigenvalue weighted by Crippen LogP contribution is 2.50. The van der Waals surface area contributed by atoms with Crippen LogP contribution in [0.4, 0.5) is 33.6 Å². The third-order valence-corrected chi connectivity index (χ3v) is 9.87. The summed E-state index contributed by atoms with van der Waals surface area (Å²) in [6.45, 7) is 3.75. The first-order valence-corrected chi connectivity index (χ1v) is 14.9. The average Bonchev–Trinajstić information content (AvgIpc) is 3.63. The zero-order valence-corrected chi connectivity index (χ0v) is 24.8. The first kappa shape index (κ1) is 29.5. The van der Waals surface area contributed by atoms with Crippen LogP contribution in [0.5, 0.6) is 11.8 Å². The van der Waals surface area contributed by atoms with Crippen LogP contribution in [0.25, 0.3) is 22.2 Å². The molecule has 3 saturated heterocycles. The number of fused-ring (bicyclic) bond motifs is 2. The second kappa shape index (κ2) is 10.4. The number of nitrogens with two attached hydrogens (primary N) is 1. The first-order valence-electron chi connectivity index (χ1n) is 14.5. The van der Waals surface area contributed by atoms with E-state index >= 15 is 4.39 Å². The fourth-order valence-electron chi connectivity index (χ4n) is 7.47. The molecule has 0 spiro atoms. The van der Waals surface area contributed by atoms with Gasteiger partial charge in [-0.1, -0.05) is 11.6 Å². The number of nitrogen functional groups attached to an aromatic ring is 1. The third-order valence-electron chi connectivity index (χ3n) is 9.51. The Bertz CT molecular complexity index is 1660. The highest BCUT2D eigenvalue weighted by molar-refractivity contribution is 6.36. The van der Waals surface area contributed by atoms with Crippen molar-refractivity contribution < 1.29 is 31.4 Å². The van der Waals surface area contributed by atoms with E-state index in [9.17, 15) is 17.6 Å². The number of aryl methyl sites for hydroxylation is 1. The van der Waals surface area contributed by atoms with Gasteiger partial charge in [-0.25, -0.2) is 13.8 Å². The molecule has 3 fully saturated rings. The summed E-state index contributed by atoms with van der Waals surface area (Å²) in [4.78, 5) is 16.9. The molecular formula is C29H31ClF5N7O2. The van der Waals surface area contributed by atoms with Crippen LogP contribution in [0, 0.1) is 18.7 Å². The molecule has 2 unspecified atom stereocenters.